The first-order valence-corrected chi connectivity index (χ1v) is 13.9. The van der Waals surface area contributed by atoms with Crippen LogP contribution in [0.15, 0.2) is 89.3 Å². The largest absolute Gasteiger partial charge is 0.494 e. The summed E-state index contributed by atoms with van der Waals surface area (Å²) in [7, 11) is 2.87. The van der Waals surface area contributed by atoms with Crippen LogP contribution in [0.5, 0.6) is 5.75 Å². The number of anilines is 1. The van der Waals surface area contributed by atoms with Crippen molar-refractivity contribution in [2.45, 2.75) is 29.4 Å². The highest BCUT2D eigenvalue weighted by Gasteiger charge is 2.17. The fraction of sp³-hybridized carbons (Fsp3) is 0.200. The summed E-state index contributed by atoms with van der Waals surface area (Å²) in [6, 6.07) is 24.4. The average Bonchev–Trinajstić information content (AvgIpc) is 3.46. The molecule has 0 radical (unpaired) electrons. The third-order valence-corrected chi connectivity index (χ3v) is 8.30. The molecule has 0 spiro atoms. The number of carbonyl (C=O) groups excluding carboxylic acids is 1. The fourth-order valence-corrected chi connectivity index (χ4v) is 5.95. The minimum absolute atomic E-state index is 0.400. The Labute approximate surface area is 230 Å². The minimum Gasteiger partial charge on any atom is -0.494 e. The first kappa shape index (κ1) is 26.0. The van der Waals surface area contributed by atoms with E-state index in [1.54, 1.807) is 35.7 Å². The molecule has 0 fully saturated rings. The Morgan fingerprint density at radius 1 is 1.03 bits per heavy atom. The van der Waals surface area contributed by atoms with E-state index in [1.165, 1.54) is 49.4 Å². The standard InChI is InChI=1S/C30H28N2O4S2/c1-34-27-18-25(30(33)35-2)16-17-26(27)32-36-38-28-19-31-29(37-28)24-14-12-23(13-15-24)22-10-8-21(9-11-22)20-6-4-3-5-7-20/h3-7,10,12-19,21,32H,8-9,11H2,1-2H3. The van der Waals surface area contributed by atoms with Crippen LogP contribution in [0.1, 0.15) is 46.7 Å². The van der Waals surface area contributed by atoms with E-state index in [0.717, 1.165) is 27.6 Å². The van der Waals surface area contributed by atoms with Crippen molar-refractivity contribution >= 4 is 40.6 Å². The second kappa shape index (κ2) is 12.3. The van der Waals surface area contributed by atoms with E-state index in [0.29, 0.717) is 22.9 Å². The van der Waals surface area contributed by atoms with Gasteiger partial charge in [0.1, 0.15) is 20.7 Å². The van der Waals surface area contributed by atoms with Gasteiger partial charge in [0, 0.05) is 5.56 Å². The van der Waals surface area contributed by atoms with Crippen molar-refractivity contribution in [1.82, 2.24) is 4.98 Å². The van der Waals surface area contributed by atoms with Crippen molar-refractivity contribution in [3.8, 4) is 16.3 Å². The summed E-state index contributed by atoms with van der Waals surface area (Å²) < 4.78 is 16.6. The van der Waals surface area contributed by atoms with Crippen molar-refractivity contribution in [1.29, 1.82) is 0 Å². The van der Waals surface area contributed by atoms with Crippen LogP contribution < -0.4 is 10.2 Å². The lowest BCUT2D eigenvalue weighted by molar-refractivity contribution is 0.0600. The number of carbonyl (C=O) groups is 1. The van der Waals surface area contributed by atoms with E-state index in [1.807, 2.05) is 0 Å². The van der Waals surface area contributed by atoms with Crippen LogP contribution in [-0.4, -0.2) is 25.2 Å². The molecule has 1 N–H and O–H groups in total. The van der Waals surface area contributed by atoms with Crippen LogP contribution in [0, 0.1) is 0 Å². The number of benzene rings is 3. The van der Waals surface area contributed by atoms with Crippen molar-refractivity contribution < 1.29 is 18.6 Å². The number of nitrogens with zero attached hydrogens (tertiary/aromatic N) is 1. The SMILES string of the molecule is COC(=O)c1ccc(NOSc2cnc(-c3ccc(C4=CCC(c5ccccc5)CC4)cc3)s2)c(OC)c1. The molecule has 0 saturated carbocycles. The van der Waals surface area contributed by atoms with Crippen molar-refractivity contribution in [3.63, 3.8) is 0 Å². The highest BCUT2D eigenvalue weighted by atomic mass is 32.2. The molecule has 8 heteroatoms. The van der Waals surface area contributed by atoms with Crippen molar-refractivity contribution in [2.24, 2.45) is 0 Å². The van der Waals surface area contributed by atoms with Crippen LogP contribution >= 0.6 is 23.4 Å². The minimum atomic E-state index is -0.428. The number of thiazole rings is 1. The molecule has 1 aromatic heterocycles. The van der Waals surface area contributed by atoms with Crippen molar-refractivity contribution in [2.75, 3.05) is 19.7 Å². The van der Waals surface area contributed by atoms with E-state index in [4.69, 9.17) is 13.8 Å². The Morgan fingerprint density at radius 3 is 2.53 bits per heavy atom. The number of nitrogens with one attached hydrogen (secondary N) is 1. The average molecular weight is 545 g/mol. The Morgan fingerprint density at radius 2 is 1.82 bits per heavy atom. The summed E-state index contributed by atoms with van der Waals surface area (Å²) in [5, 5.41) is 0.935. The predicted molar refractivity (Wildman–Crippen MR) is 153 cm³/mol. The highest BCUT2D eigenvalue weighted by molar-refractivity contribution is 7.96. The van der Waals surface area contributed by atoms with Gasteiger partial charge < -0.3 is 9.47 Å². The summed E-state index contributed by atoms with van der Waals surface area (Å²) >= 11 is 2.74. The number of rotatable bonds is 9. The second-order valence-corrected chi connectivity index (χ2v) is 10.9. The molecule has 1 aliphatic rings. The van der Waals surface area contributed by atoms with Crippen LogP contribution in [0.2, 0.25) is 0 Å². The van der Waals surface area contributed by atoms with Crippen molar-refractivity contribution in [3.05, 3.63) is 102 Å². The fourth-order valence-electron chi connectivity index (χ4n) is 4.51. The molecule has 3 aromatic carbocycles. The maximum absolute atomic E-state index is 11.7. The molecule has 0 saturated heterocycles. The second-order valence-electron chi connectivity index (χ2n) is 8.85. The Bertz CT molecular complexity index is 1420. The summed E-state index contributed by atoms with van der Waals surface area (Å²) in [5.74, 6) is 0.660. The van der Waals surface area contributed by atoms with Gasteiger partial charge in [0.2, 0.25) is 0 Å². The molecule has 0 amide bonds. The molecule has 0 bridgehead atoms. The Kier molecular flexibility index (Phi) is 8.43. The van der Waals surface area contributed by atoms with Gasteiger partial charge in [-0.1, -0.05) is 60.7 Å². The molecular weight excluding hydrogens is 516 g/mol. The normalized spacial score (nSPS) is 15.0. The summed E-state index contributed by atoms with van der Waals surface area (Å²) in [5.41, 5.74) is 9.08. The van der Waals surface area contributed by atoms with E-state index in [2.05, 4.69) is 71.1 Å². The van der Waals surface area contributed by atoms with Crippen LogP contribution in [-0.2, 0) is 9.02 Å². The van der Waals surface area contributed by atoms with Gasteiger partial charge in [-0.05, 0) is 60.1 Å². The number of methoxy groups -OCH3 is 2. The van der Waals surface area contributed by atoms with Gasteiger partial charge in [-0.2, -0.15) is 4.28 Å². The van der Waals surface area contributed by atoms with Gasteiger partial charge in [0.05, 0.1) is 38.0 Å². The van der Waals surface area contributed by atoms with Gasteiger partial charge >= 0.3 is 5.97 Å². The molecule has 1 aliphatic carbocycles. The first-order valence-electron chi connectivity index (χ1n) is 12.3. The first-order chi connectivity index (χ1) is 18.6. The molecule has 194 valence electrons. The lowest BCUT2D eigenvalue weighted by Crippen LogP contribution is -2.03. The molecule has 1 heterocycles. The molecule has 1 unspecified atom stereocenters. The maximum Gasteiger partial charge on any atom is 0.337 e. The monoisotopic (exact) mass is 544 g/mol. The number of esters is 1. The molecule has 6 nitrogen and oxygen atoms in total. The quantitative estimate of drug-likeness (QED) is 0.130. The van der Waals surface area contributed by atoms with Gasteiger partial charge in [0.15, 0.2) is 0 Å². The van der Waals surface area contributed by atoms with Gasteiger partial charge in [-0.15, -0.1) is 11.3 Å². The molecule has 1 atom stereocenters. The molecule has 4 aromatic rings. The zero-order valence-corrected chi connectivity index (χ0v) is 22.8. The predicted octanol–water partition coefficient (Wildman–Crippen LogP) is 8.01. The summed E-state index contributed by atoms with van der Waals surface area (Å²) in [4.78, 5) is 16.3. The lowest BCUT2D eigenvalue weighted by atomic mass is 9.82. The molecule has 0 aliphatic heterocycles. The van der Waals surface area contributed by atoms with E-state index < -0.39 is 5.97 Å². The van der Waals surface area contributed by atoms with Gasteiger partial charge in [-0.3, -0.25) is 0 Å². The lowest BCUT2D eigenvalue weighted by Gasteiger charge is -2.22. The zero-order chi connectivity index (χ0) is 26.3. The Hall–Kier alpha value is -3.59. The number of aromatic nitrogens is 1. The number of hydrogen-bond donors (Lipinski definition) is 1. The number of hydrogen-bond acceptors (Lipinski definition) is 8. The number of ether oxygens (including phenoxy) is 2. The van der Waals surface area contributed by atoms with Gasteiger partial charge in [-0.25, -0.2) is 15.3 Å². The van der Waals surface area contributed by atoms with Gasteiger partial charge in [0.25, 0.3) is 0 Å². The molecular formula is C30H28N2O4S2. The van der Waals surface area contributed by atoms with Crippen LogP contribution in [0.25, 0.3) is 16.1 Å². The van der Waals surface area contributed by atoms with E-state index in [-0.39, 0.29) is 0 Å². The van der Waals surface area contributed by atoms with Crippen LogP contribution in [0.3, 0.4) is 0 Å². The highest BCUT2D eigenvalue weighted by Crippen LogP contribution is 2.37. The third kappa shape index (κ3) is 6.10. The van der Waals surface area contributed by atoms with E-state index in [9.17, 15) is 4.79 Å². The summed E-state index contributed by atoms with van der Waals surface area (Å²) in [6.07, 6.45) is 7.56. The molecule has 38 heavy (non-hydrogen) atoms. The summed E-state index contributed by atoms with van der Waals surface area (Å²) in [6.45, 7) is 0. The smallest absolute Gasteiger partial charge is 0.337 e. The van der Waals surface area contributed by atoms with Crippen LogP contribution in [0.4, 0.5) is 5.69 Å². The third-order valence-electron chi connectivity index (χ3n) is 6.57. The zero-order valence-electron chi connectivity index (χ0n) is 21.2. The molecule has 5 rings (SSSR count). The maximum atomic E-state index is 11.7. The Balaban J connectivity index is 1.17. The number of allylic oxidation sites excluding steroid dienone is 2. The van der Waals surface area contributed by atoms with E-state index >= 15 is 0 Å². The topological polar surface area (TPSA) is 69.7 Å².